The number of hydrogen-bond donors (Lipinski definition) is 5. The number of fused-ring (bicyclic) bond motifs is 7. The molecule has 5 aliphatic rings. The Hall–Kier alpha value is -1.33. The van der Waals surface area contributed by atoms with E-state index in [2.05, 4.69) is 0 Å². The maximum absolute atomic E-state index is 13.4. The predicted octanol–water partition coefficient (Wildman–Crippen LogP) is 2.11. The normalized spacial score (nSPS) is 48.9. The minimum atomic E-state index is -1.61. The molecule has 0 aromatic rings. The van der Waals surface area contributed by atoms with Crippen LogP contribution in [0.1, 0.15) is 72.6 Å². The number of rotatable bonds is 6. The molecule has 8 nitrogen and oxygen atoms in total. The zero-order valence-electron chi connectivity index (χ0n) is 28.4. The Morgan fingerprint density at radius 3 is 2.00 bits per heavy atom. The topological polar surface area (TPSA) is 134 Å². The van der Waals surface area contributed by atoms with E-state index in [9.17, 15) is 30.0 Å². The second-order valence-corrected chi connectivity index (χ2v) is 16.2. The molecule has 13 atom stereocenters. The van der Waals surface area contributed by atoms with Gasteiger partial charge in [0.1, 0.15) is 6.10 Å². The maximum atomic E-state index is 13.4. The third-order valence-electron chi connectivity index (χ3n) is 13.3. The van der Waals surface area contributed by atoms with Crippen LogP contribution in [0.25, 0.3) is 0 Å². The van der Waals surface area contributed by atoms with Gasteiger partial charge >= 0.3 is 11.9 Å². The maximum Gasteiger partial charge on any atom is 0.333 e. The van der Waals surface area contributed by atoms with Gasteiger partial charge in [-0.25, -0.2) is 9.59 Å². The minimum Gasteiger partial charge on any atom is -0.454 e. The average molecular weight is 668 g/mol. The van der Waals surface area contributed by atoms with Gasteiger partial charge in [-0.3, -0.25) is 0 Å². The molecule has 0 saturated heterocycles. The highest BCUT2D eigenvalue weighted by Gasteiger charge is 2.73. The van der Waals surface area contributed by atoms with Gasteiger partial charge in [-0.2, -0.15) is 12.6 Å². The molecule has 0 spiro atoms. The van der Waals surface area contributed by atoms with Crippen LogP contribution in [0.4, 0.5) is 0 Å². The number of ether oxygens (including phenoxy) is 2. The van der Waals surface area contributed by atoms with E-state index in [4.69, 9.17) is 61.3 Å². The van der Waals surface area contributed by atoms with Crippen molar-refractivity contribution >= 4 is 63.8 Å². The summed E-state index contributed by atoms with van der Waals surface area (Å²) in [4.78, 5) is 26.5. The molecule has 0 bridgehead atoms. The van der Waals surface area contributed by atoms with Gasteiger partial charge in [0.25, 0.3) is 0 Å². The number of thiol groups is 1. The molecule has 0 aromatic heterocycles. The molecule has 0 aromatic carbocycles. The third kappa shape index (κ3) is 5.15. The quantitative estimate of drug-likeness (QED) is 0.0957. The van der Waals surface area contributed by atoms with E-state index in [1.54, 1.807) is 39.8 Å². The van der Waals surface area contributed by atoms with Crippen LogP contribution in [-0.4, -0.2) is 114 Å². The van der Waals surface area contributed by atoms with Crippen LogP contribution in [-0.2, 0) is 19.1 Å². The molecule has 4 saturated carbocycles. The molecular formula is C34H45B5O8S. The summed E-state index contributed by atoms with van der Waals surface area (Å²) in [5.74, 6) is -3.11. The van der Waals surface area contributed by atoms with Gasteiger partial charge in [0.15, 0.2) is 6.10 Å². The molecule has 5 rings (SSSR count). The smallest absolute Gasteiger partial charge is 0.333 e. The van der Waals surface area contributed by atoms with Gasteiger partial charge < -0.3 is 29.9 Å². The van der Waals surface area contributed by atoms with Gasteiger partial charge in [0.2, 0.25) is 0 Å². The van der Waals surface area contributed by atoms with Crippen molar-refractivity contribution in [3.63, 3.8) is 0 Å². The number of carbonyl (C=O) groups is 2. The zero-order chi connectivity index (χ0) is 35.8. The molecular weight excluding hydrogens is 622 g/mol. The summed E-state index contributed by atoms with van der Waals surface area (Å²) in [6, 6.07) is 0. The van der Waals surface area contributed by atoms with Crippen molar-refractivity contribution in [2.24, 2.45) is 23.2 Å². The van der Waals surface area contributed by atoms with Gasteiger partial charge in [0.05, 0.1) is 63.5 Å². The third-order valence-corrected chi connectivity index (χ3v) is 13.8. The molecule has 4 fully saturated rings. The van der Waals surface area contributed by atoms with Crippen LogP contribution in [0.2, 0.25) is 21.3 Å². The lowest BCUT2D eigenvalue weighted by Gasteiger charge is -2.73. The molecule has 0 aliphatic heterocycles. The summed E-state index contributed by atoms with van der Waals surface area (Å²) in [6.45, 7) is 5.38. The first-order chi connectivity index (χ1) is 22.3. The van der Waals surface area contributed by atoms with E-state index in [0.717, 1.165) is 0 Å². The standard InChI is InChI=1S/C34H45B5O8S/c1-5-17(3)27(44)46-25-26(47-28(45)18(4)6-2)34(39,48)13-20-19-7-8-22-30(35)11-10-23(42)31(36,16-41)21(30)9-12-32(22,37)33(19,38)14-24(43)29(20,25)15-40/h5-7,20-26,40-43,48H,8-16H2,1-4H3/b17-5-,18-6-/t20?,21?,22?,23-,24+,25-,26-,29-,30+,31-,32-,33-,34+/m0/s1. The number of allylic oxidation sites excluding steroid dienone is 4. The number of aliphatic hydroxyl groups excluding tert-OH is 4. The molecule has 3 unspecified atom stereocenters. The summed E-state index contributed by atoms with van der Waals surface area (Å²) in [5.41, 5.74) is -0.406. The van der Waals surface area contributed by atoms with Crippen LogP contribution < -0.4 is 0 Å². The van der Waals surface area contributed by atoms with E-state index < -0.39 is 98.6 Å². The number of carbonyl (C=O) groups excluding carboxylic acids is 2. The van der Waals surface area contributed by atoms with Crippen molar-refractivity contribution < 1.29 is 39.5 Å². The first-order valence-electron chi connectivity index (χ1n) is 16.9. The van der Waals surface area contributed by atoms with Crippen LogP contribution in [0.5, 0.6) is 0 Å². The first kappa shape index (κ1) is 37.9. The summed E-state index contributed by atoms with van der Waals surface area (Å²) < 4.78 is 10.4. The van der Waals surface area contributed by atoms with Crippen molar-refractivity contribution in [3.05, 3.63) is 34.9 Å². The molecule has 5 aliphatic carbocycles. The fourth-order valence-electron chi connectivity index (χ4n) is 10.2. The molecule has 14 heteroatoms. The number of hydrogen-bond acceptors (Lipinski definition) is 9. The van der Waals surface area contributed by atoms with E-state index >= 15 is 0 Å². The van der Waals surface area contributed by atoms with Crippen molar-refractivity contribution in [1.29, 1.82) is 0 Å². The SMILES string of the molecule is [B][C@]12CC[C@H](O)[C@]([B])(CO)C1CC[C@]1([B])C2CC=C2C3C[C@@]([B])(S)[C@@H](OC(=O)/C(C)=C\C)[C@H](OC(=O)/C(C)=C\C)[C@]3(CO)[C@H](O)C[C@]21[B]. The zero-order valence-corrected chi connectivity index (χ0v) is 29.3. The van der Waals surface area contributed by atoms with Crippen LogP contribution >= 0.6 is 12.6 Å². The van der Waals surface area contributed by atoms with Gasteiger partial charge in [-0.1, -0.05) is 53.7 Å². The fourth-order valence-corrected chi connectivity index (χ4v) is 10.5. The first-order valence-corrected chi connectivity index (χ1v) is 17.4. The van der Waals surface area contributed by atoms with Gasteiger partial charge in [-0.05, 0) is 81.8 Å². The number of aliphatic hydroxyl groups is 4. The summed E-state index contributed by atoms with van der Waals surface area (Å²) in [7, 11) is 35.7. The van der Waals surface area contributed by atoms with Crippen LogP contribution in [0, 0.1) is 23.2 Å². The molecule has 0 amide bonds. The second-order valence-electron chi connectivity index (χ2n) is 15.3. The predicted molar refractivity (Wildman–Crippen MR) is 189 cm³/mol. The summed E-state index contributed by atoms with van der Waals surface area (Å²) >= 11 is 4.81. The van der Waals surface area contributed by atoms with Gasteiger partial charge in [0, 0.05) is 22.4 Å². The monoisotopic (exact) mass is 668 g/mol. The molecule has 0 heterocycles. The van der Waals surface area contributed by atoms with Crippen LogP contribution in [0.15, 0.2) is 34.9 Å². The van der Waals surface area contributed by atoms with E-state index in [1.165, 1.54) is 0 Å². The highest BCUT2D eigenvalue weighted by atomic mass is 32.1. The van der Waals surface area contributed by atoms with E-state index in [0.29, 0.717) is 31.3 Å². The lowest BCUT2D eigenvalue weighted by Crippen LogP contribution is -2.72. The molecule has 250 valence electrons. The Labute approximate surface area is 296 Å². The van der Waals surface area contributed by atoms with Crippen molar-refractivity contribution in [3.8, 4) is 0 Å². The fraction of sp³-hybridized carbons (Fsp3) is 0.765. The highest BCUT2D eigenvalue weighted by Crippen LogP contribution is 2.81. The summed E-state index contributed by atoms with van der Waals surface area (Å²) in [5, 5.41) is 40.0. The largest absolute Gasteiger partial charge is 0.454 e. The second kappa shape index (κ2) is 12.7. The van der Waals surface area contributed by atoms with Crippen LogP contribution in [0.3, 0.4) is 0 Å². The molecule has 4 N–H and O–H groups in total. The Morgan fingerprint density at radius 2 is 1.46 bits per heavy atom. The molecule has 48 heavy (non-hydrogen) atoms. The Balaban J connectivity index is 1.65. The van der Waals surface area contributed by atoms with Crippen molar-refractivity contribution in [2.45, 2.75) is 123 Å². The van der Waals surface area contributed by atoms with Crippen molar-refractivity contribution in [2.75, 3.05) is 13.2 Å². The van der Waals surface area contributed by atoms with E-state index in [1.807, 2.05) is 6.08 Å². The lowest BCUT2D eigenvalue weighted by molar-refractivity contribution is -0.225. The summed E-state index contributed by atoms with van der Waals surface area (Å²) in [6.07, 6.45) is 1.60. The number of esters is 2. The lowest BCUT2D eigenvalue weighted by atomic mass is 9.21. The van der Waals surface area contributed by atoms with Gasteiger partial charge in [-0.15, -0.1) is 0 Å². The molecule has 10 radical (unpaired) electrons. The average Bonchev–Trinajstić information content (AvgIpc) is 3.03. The minimum absolute atomic E-state index is 0.0121. The Kier molecular flexibility index (Phi) is 10.0. The Bertz CT molecular complexity index is 1420. The van der Waals surface area contributed by atoms with E-state index in [-0.39, 0.29) is 30.4 Å². The van der Waals surface area contributed by atoms with Crippen molar-refractivity contribution in [1.82, 2.24) is 0 Å². The Morgan fingerprint density at radius 1 is 0.875 bits per heavy atom. The highest BCUT2D eigenvalue weighted by molar-refractivity contribution is 7.83.